The smallest absolute Gasteiger partial charge is 0.313 e. The number of carboxylic acids is 1. The van der Waals surface area contributed by atoms with E-state index in [4.69, 9.17) is 0 Å². The van der Waals surface area contributed by atoms with Gasteiger partial charge in [0.1, 0.15) is 11.0 Å². The summed E-state index contributed by atoms with van der Waals surface area (Å²) < 4.78 is 0. The molecular weight excluding hydrogens is 322 g/mol. The van der Waals surface area contributed by atoms with Crippen LogP contribution in [0.5, 0.6) is 0 Å². The van der Waals surface area contributed by atoms with Gasteiger partial charge in [0, 0.05) is 25.3 Å². The lowest BCUT2D eigenvalue weighted by atomic mass is 9.73. The number of aromatic nitrogens is 1. The average molecular weight is 347 g/mol. The number of pyridine rings is 1. The second kappa shape index (κ2) is 5.98. The quantitative estimate of drug-likeness (QED) is 0.824. The van der Waals surface area contributed by atoms with Crippen LogP contribution in [0.2, 0.25) is 0 Å². The van der Waals surface area contributed by atoms with Crippen LogP contribution in [0.15, 0.2) is 4.79 Å². The van der Waals surface area contributed by atoms with Gasteiger partial charge in [0.2, 0.25) is 0 Å². The zero-order valence-electron chi connectivity index (χ0n) is 15.2. The van der Waals surface area contributed by atoms with Crippen LogP contribution in [0.1, 0.15) is 33.6 Å². The Morgan fingerprint density at radius 1 is 1.20 bits per heavy atom. The number of hydrogen-bond donors (Lipinski definition) is 2. The molecule has 0 unspecified atom stereocenters. The van der Waals surface area contributed by atoms with Crippen LogP contribution >= 0.6 is 0 Å². The fourth-order valence-electron chi connectivity index (χ4n) is 4.30. The van der Waals surface area contributed by atoms with Gasteiger partial charge in [0.25, 0.3) is 11.5 Å². The minimum atomic E-state index is -0.941. The zero-order chi connectivity index (χ0) is 18.5. The Balaban J connectivity index is 1.97. The van der Waals surface area contributed by atoms with E-state index in [2.05, 4.69) is 4.98 Å². The van der Waals surface area contributed by atoms with E-state index in [0.29, 0.717) is 18.7 Å². The number of carboxylic acid groups (broad SMARTS) is 1. The van der Waals surface area contributed by atoms with E-state index in [1.807, 2.05) is 18.9 Å². The highest BCUT2D eigenvalue weighted by atomic mass is 16.4. The number of fused-ring (bicyclic) bond motifs is 1. The number of hydrogen-bond acceptors (Lipinski definition) is 4. The summed E-state index contributed by atoms with van der Waals surface area (Å²) in [5.41, 5.74) is 1.09. The number of likely N-dealkylation sites (tertiary alicyclic amines) is 2. The lowest BCUT2D eigenvalue weighted by Gasteiger charge is -2.39. The molecule has 2 saturated heterocycles. The molecule has 0 spiro atoms. The normalized spacial score (nSPS) is 26.6. The van der Waals surface area contributed by atoms with E-state index in [-0.39, 0.29) is 23.9 Å². The number of aromatic amines is 1. The molecule has 0 saturated carbocycles. The number of aryl methyl sites for hydroxylation is 1. The summed E-state index contributed by atoms with van der Waals surface area (Å²) in [6, 6.07) is 0. The number of H-pyrrole nitrogens is 1. The van der Waals surface area contributed by atoms with E-state index in [1.165, 1.54) is 0 Å². The summed E-state index contributed by atoms with van der Waals surface area (Å²) in [4.78, 5) is 43.7. The summed E-state index contributed by atoms with van der Waals surface area (Å²) in [5.74, 6) is -1.29. The predicted octanol–water partition coefficient (Wildman–Crippen LogP) is 0.779. The van der Waals surface area contributed by atoms with E-state index in [0.717, 1.165) is 24.2 Å². The number of carbonyl (C=O) groups is 2. The third kappa shape index (κ3) is 2.66. The van der Waals surface area contributed by atoms with Gasteiger partial charge in [-0.1, -0.05) is 0 Å². The molecule has 2 atom stereocenters. The average Bonchev–Trinajstić information content (AvgIpc) is 2.92. The minimum Gasteiger partial charge on any atom is -0.481 e. The molecule has 0 aliphatic carbocycles. The maximum Gasteiger partial charge on any atom is 0.313 e. The molecule has 1 amide bonds. The van der Waals surface area contributed by atoms with Crippen molar-refractivity contribution in [3.8, 4) is 0 Å². The molecule has 1 aromatic rings. The highest BCUT2D eigenvalue weighted by Crippen LogP contribution is 2.42. The van der Waals surface area contributed by atoms with E-state index < -0.39 is 16.9 Å². The SMILES string of the molecule is Cc1[nH]c(=O)c(C(=O)N2C[C@@H]3CCN(C)C[C@]3(C(=O)O)C2)c(C)c1C. The highest BCUT2D eigenvalue weighted by molar-refractivity contribution is 5.96. The standard InChI is InChI=1S/C18H25N3O4/c1-10-11(2)14(15(22)19-12(10)3)16(23)21-7-13-5-6-20(4)8-18(13,9-21)17(24)25/h13H,5-9H2,1-4H3,(H,19,22)(H,24,25)/t13-,18-/m0/s1. The van der Waals surface area contributed by atoms with Gasteiger partial charge < -0.3 is 19.9 Å². The topological polar surface area (TPSA) is 93.7 Å². The molecule has 0 radical (unpaired) electrons. The number of rotatable bonds is 2. The predicted molar refractivity (Wildman–Crippen MR) is 92.9 cm³/mol. The number of amides is 1. The molecule has 1 aromatic heterocycles. The number of carbonyl (C=O) groups excluding carboxylic acids is 1. The third-order valence-electron chi connectivity index (χ3n) is 6.06. The lowest BCUT2D eigenvalue weighted by molar-refractivity contribution is -0.153. The molecule has 25 heavy (non-hydrogen) atoms. The number of piperidine rings is 1. The van der Waals surface area contributed by atoms with Gasteiger partial charge in [-0.25, -0.2) is 0 Å². The van der Waals surface area contributed by atoms with Gasteiger partial charge in [-0.15, -0.1) is 0 Å². The van der Waals surface area contributed by atoms with Crippen molar-refractivity contribution in [1.82, 2.24) is 14.8 Å². The van der Waals surface area contributed by atoms with Crippen molar-refractivity contribution in [1.29, 1.82) is 0 Å². The van der Waals surface area contributed by atoms with Gasteiger partial charge >= 0.3 is 5.97 Å². The van der Waals surface area contributed by atoms with E-state index in [9.17, 15) is 19.5 Å². The molecule has 2 aliphatic rings. The Morgan fingerprint density at radius 2 is 1.88 bits per heavy atom. The number of nitrogens with zero attached hydrogens (tertiary/aromatic N) is 2. The van der Waals surface area contributed by atoms with Crippen LogP contribution in [0.3, 0.4) is 0 Å². The molecule has 7 nitrogen and oxygen atoms in total. The first-order valence-electron chi connectivity index (χ1n) is 8.58. The van der Waals surface area contributed by atoms with Crippen LogP contribution in [0.25, 0.3) is 0 Å². The first-order valence-corrected chi connectivity index (χ1v) is 8.58. The Labute approximate surface area is 146 Å². The molecule has 2 aliphatic heterocycles. The van der Waals surface area contributed by atoms with Gasteiger partial charge in [-0.05, 0) is 57.8 Å². The molecule has 0 bridgehead atoms. The second-order valence-corrected chi connectivity index (χ2v) is 7.57. The molecule has 136 valence electrons. The van der Waals surface area contributed by atoms with E-state index in [1.54, 1.807) is 18.7 Å². The van der Waals surface area contributed by atoms with Crippen molar-refractivity contribution in [2.24, 2.45) is 11.3 Å². The maximum atomic E-state index is 13.0. The van der Waals surface area contributed by atoms with Gasteiger partial charge in [0.05, 0.1) is 0 Å². The van der Waals surface area contributed by atoms with Gasteiger partial charge in [0.15, 0.2) is 0 Å². The van der Waals surface area contributed by atoms with Gasteiger partial charge in [-0.2, -0.15) is 0 Å². The molecule has 2 fully saturated rings. The summed E-state index contributed by atoms with van der Waals surface area (Å²) in [6.07, 6.45) is 0.745. The van der Waals surface area contributed by atoms with Gasteiger partial charge in [-0.3, -0.25) is 14.4 Å². The fourth-order valence-corrected chi connectivity index (χ4v) is 4.30. The Morgan fingerprint density at radius 3 is 2.52 bits per heavy atom. The monoisotopic (exact) mass is 347 g/mol. The third-order valence-corrected chi connectivity index (χ3v) is 6.06. The lowest BCUT2D eigenvalue weighted by Crippen LogP contribution is -2.52. The van der Waals surface area contributed by atoms with Crippen LogP contribution in [0.4, 0.5) is 0 Å². The zero-order valence-corrected chi connectivity index (χ0v) is 15.2. The van der Waals surface area contributed by atoms with Crippen LogP contribution in [-0.4, -0.2) is 65.0 Å². The summed E-state index contributed by atoms with van der Waals surface area (Å²) in [6.45, 7) is 7.25. The highest BCUT2D eigenvalue weighted by Gasteiger charge is 2.55. The number of aliphatic carboxylic acids is 1. The van der Waals surface area contributed by atoms with Crippen LogP contribution < -0.4 is 5.56 Å². The Bertz CT molecular complexity index is 800. The first kappa shape index (κ1) is 17.7. The van der Waals surface area contributed by atoms with Crippen LogP contribution in [-0.2, 0) is 4.79 Å². The summed E-state index contributed by atoms with van der Waals surface area (Å²) >= 11 is 0. The molecule has 3 heterocycles. The molecule has 2 N–H and O–H groups in total. The van der Waals surface area contributed by atoms with Crippen molar-refractivity contribution in [2.45, 2.75) is 27.2 Å². The summed E-state index contributed by atoms with van der Waals surface area (Å²) in [5, 5.41) is 9.84. The largest absolute Gasteiger partial charge is 0.481 e. The Kier molecular flexibility index (Phi) is 4.23. The summed E-state index contributed by atoms with van der Waals surface area (Å²) in [7, 11) is 1.91. The van der Waals surface area contributed by atoms with Crippen molar-refractivity contribution in [3.63, 3.8) is 0 Å². The van der Waals surface area contributed by atoms with Crippen molar-refractivity contribution in [2.75, 3.05) is 33.2 Å². The first-order chi connectivity index (χ1) is 11.7. The Hall–Kier alpha value is -2.15. The molecule has 0 aromatic carbocycles. The van der Waals surface area contributed by atoms with Crippen molar-refractivity contribution >= 4 is 11.9 Å². The maximum absolute atomic E-state index is 13.0. The van der Waals surface area contributed by atoms with Crippen LogP contribution in [0, 0.1) is 32.1 Å². The van der Waals surface area contributed by atoms with E-state index >= 15 is 0 Å². The van der Waals surface area contributed by atoms with Crippen molar-refractivity contribution < 1.29 is 14.7 Å². The molecule has 3 rings (SSSR count). The molecule has 7 heteroatoms. The number of nitrogens with one attached hydrogen (secondary N) is 1. The minimum absolute atomic E-state index is 0.0731. The van der Waals surface area contributed by atoms with Crippen molar-refractivity contribution in [3.05, 3.63) is 32.7 Å². The second-order valence-electron chi connectivity index (χ2n) is 7.57. The fraction of sp³-hybridized carbons (Fsp3) is 0.611. The molecular formula is C18H25N3O4.